The minimum Gasteiger partial charge on any atom is -0.462 e. The van der Waals surface area contributed by atoms with Crippen molar-refractivity contribution >= 4 is 58.1 Å². The molecule has 4 rings (SSSR count). The van der Waals surface area contributed by atoms with Crippen LogP contribution in [0.5, 0.6) is 0 Å². The van der Waals surface area contributed by atoms with Gasteiger partial charge in [0.15, 0.2) is 5.82 Å². The molecule has 3 aromatic rings. The number of aromatic nitrogens is 3. The van der Waals surface area contributed by atoms with E-state index in [4.69, 9.17) is 16.3 Å². The molecule has 3 heterocycles. The van der Waals surface area contributed by atoms with E-state index in [1.807, 2.05) is 17.5 Å². The van der Waals surface area contributed by atoms with Gasteiger partial charge in [0.2, 0.25) is 5.16 Å². The predicted molar refractivity (Wildman–Crippen MR) is 120 cm³/mol. The van der Waals surface area contributed by atoms with Crippen molar-refractivity contribution in [1.29, 1.82) is 0 Å². The smallest absolute Gasteiger partial charge is 0.340 e. The molecular formula is C19H14ClN5O4S2. The molecule has 9 nitrogen and oxygen atoms in total. The number of nitrogens with zero attached hydrogens (tertiary/aromatic N) is 5. The maximum atomic E-state index is 12.7. The molecule has 0 N–H and O–H groups in total. The lowest BCUT2D eigenvalue weighted by Gasteiger charge is -2.15. The molecule has 1 aliphatic heterocycles. The lowest BCUT2D eigenvalue weighted by atomic mass is 10.1. The van der Waals surface area contributed by atoms with Gasteiger partial charge in [-0.3, -0.25) is 10.1 Å². The molecular weight excluding hydrogens is 462 g/mol. The number of ether oxygens (including phenoxy) is 1. The summed E-state index contributed by atoms with van der Waals surface area (Å²) in [6.45, 7) is 1.88. The van der Waals surface area contributed by atoms with Crippen LogP contribution in [0.2, 0.25) is 5.02 Å². The second kappa shape index (κ2) is 9.00. The average Bonchev–Trinajstić information content (AvgIpc) is 3.42. The number of esters is 1. The van der Waals surface area contributed by atoms with Crippen LogP contribution in [-0.4, -0.2) is 43.8 Å². The van der Waals surface area contributed by atoms with Crippen LogP contribution in [0.3, 0.4) is 0 Å². The molecule has 1 aromatic carbocycles. The fourth-order valence-corrected chi connectivity index (χ4v) is 4.52. The van der Waals surface area contributed by atoms with Gasteiger partial charge in [0.25, 0.3) is 5.69 Å². The lowest BCUT2D eigenvalue weighted by Crippen LogP contribution is -2.21. The second-order valence-corrected chi connectivity index (χ2v) is 8.47. The van der Waals surface area contributed by atoms with Gasteiger partial charge in [0.1, 0.15) is 5.02 Å². The molecule has 0 spiro atoms. The number of nitro benzene ring substituents is 1. The minimum atomic E-state index is -0.575. The molecule has 0 amide bonds. The van der Waals surface area contributed by atoms with Crippen molar-refractivity contribution in [3.63, 3.8) is 0 Å². The highest BCUT2D eigenvalue weighted by Gasteiger charge is 2.26. The van der Waals surface area contributed by atoms with Gasteiger partial charge in [0.05, 0.1) is 27.7 Å². The van der Waals surface area contributed by atoms with Crippen molar-refractivity contribution < 1.29 is 14.5 Å². The number of thiophene rings is 1. The Morgan fingerprint density at radius 1 is 1.39 bits per heavy atom. The molecule has 0 unspecified atom stereocenters. The van der Waals surface area contributed by atoms with Crippen LogP contribution in [0.1, 0.15) is 12.5 Å². The first-order chi connectivity index (χ1) is 15.0. The number of fused-ring (bicyclic) bond motifs is 1. The molecule has 0 aliphatic carbocycles. The number of nitro groups is 1. The molecule has 158 valence electrons. The number of benzene rings is 1. The molecule has 0 saturated heterocycles. The summed E-state index contributed by atoms with van der Waals surface area (Å²) in [5.74, 6) is 0.358. The van der Waals surface area contributed by atoms with E-state index < -0.39 is 10.9 Å². The Kier molecular flexibility index (Phi) is 6.16. The third-order valence-corrected chi connectivity index (χ3v) is 6.31. The largest absolute Gasteiger partial charge is 0.462 e. The fraction of sp³-hybridized carbons (Fsp3) is 0.158. The van der Waals surface area contributed by atoms with Crippen LogP contribution in [0.4, 0.5) is 5.69 Å². The standard InChI is InChI=1S/C19H14ClN5O4S2/c1-2-29-18(26)12(8-11-5-6-13(20)15(9-11)25(27)28)14-10-31-19-22-21-17(24(19)23-14)16-4-3-7-30-16/h3-9H,2,10H2,1H3/b12-8+. The van der Waals surface area contributed by atoms with Crippen LogP contribution in [-0.2, 0) is 9.53 Å². The second-order valence-electron chi connectivity index (χ2n) is 6.18. The summed E-state index contributed by atoms with van der Waals surface area (Å²) in [7, 11) is 0. The van der Waals surface area contributed by atoms with E-state index in [9.17, 15) is 14.9 Å². The van der Waals surface area contributed by atoms with Crippen LogP contribution in [0.25, 0.3) is 16.8 Å². The van der Waals surface area contributed by atoms with Crippen LogP contribution in [0, 0.1) is 10.1 Å². The summed E-state index contributed by atoms with van der Waals surface area (Å²) in [5.41, 5.74) is 0.827. The van der Waals surface area contributed by atoms with E-state index in [-0.39, 0.29) is 22.9 Å². The summed E-state index contributed by atoms with van der Waals surface area (Å²) < 4.78 is 6.80. The van der Waals surface area contributed by atoms with Gasteiger partial charge >= 0.3 is 5.97 Å². The Bertz CT molecular complexity index is 1220. The van der Waals surface area contributed by atoms with E-state index in [2.05, 4.69) is 15.3 Å². The highest BCUT2D eigenvalue weighted by atomic mass is 35.5. The van der Waals surface area contributed by atoms with Gasteiger partial charge in [-0.2, -0.15) is 9.78 Å². The molecule has 0 atom stereocenters. The normalized spacial score (nSPS) is 13.5. The summed E-state index contributed by atoms with van der Waals surface area (Å²) in [5, 5.41) is 26.7. The molecule has 0 radical (unpaired) electrons. The summed E-state index contributed by atoms with van der Waals surface area (Å²) in [4.78, 5) is 24.3. The molecule has 0 saturated carbocycles. The van der Waals surface area contributed by atoms with E-state index >= 15 is 0 Å². The van der Waals surface area contributed by atoms with Crippen molar-refractivity contribution in [3.05, 3.63) is 62.0 Å². The van der Waals surface area contributed by atoms with E-state index in [0.29, 0.717) is 28.0 Å². The molecule has 0 fully saturated rings. The first-order valence-electron chi connectivity index (χ1n) is 9.01. The Hall–Kier alpha value is -3.02. The maximum Gasteiger partial charge on any atom is 0.340 e. The van der Waals surface area contributed by atoms with Gasteiger partial charge in [-0.05, 0) is 36.1 Å². The molecule has 12 heteroatoms. The number of halogens is 1. The monoisotopic (exact) mass is 475 g/mol. The van der Waals surface area contributed by atoms with Crippen LogP contribution < -0.4 is 0 Å². The third-order valence-electron chi connectivity index (χ3n) is 4.20. The first kappa shape index (κ1) is 21.2. The summed E-state index contributed by atoms with van der Waals surface area (Å²) in [6.07, 6.45) is 1.51. The molecule has 2 aromatic heterocycles. The molecule has 0 bridgehead atoms. The van der Waals surface area contributed by atoms with Crippen molar-refractivity contribution in [2.45, 2.75) is 12.1 Å². The number of thioether (sulfide) groups is 1. The number of hydrogen-bond acceptors (Lipinski definition) is 9. The Labute approximate surface area is 189 Å². The summed E-state index contributed by atoms with van der Waals surface area (Å²) >= 11 is 8.79. The van der Waals surface area contributed by atoms with Gasteiger partial charge in [0, 0.05) is 11.8 Å². The number of rotatable bonds is 6. The Morgan fingerprint density at radius 2 is 2.23 bits per heavy atom. The lowest BCUT2D eigenvalue weighted by molar-refractivity contribution is -0.384. The van der Waals surface area contributed by atoms with Crippen molar-refractivity contribution in [2.24, 2.45) is 5.10 Å². The van der Waals surface area contributed by atoms with Crippen molar-refractivity contribution in [2.75, 3.05) is 12.4 Å². The molecule has 1 aliphatic rings. The van der Waals surface area contributed by atoms with Crippen LogP contribution >= 0.6 is 34.7 Å². The summed E-state index contributed by atoms with van der Waals surface area (Å²) in [6, 6.07) is 8.12. The maximum absolute atomic E-state index is 12.7. The van der Waals surface area contributed by atoms with Crippen molar-refractivity contribution in [3.8, 4) is 10.7 Å². The van der Waals surface area contributed by atoms with Gasteiger partial charge in [-0.15, -0.1) is 21.5 Å². The average molecular weight is 476 g/mol. The molecule has 31 heavy (non-hydrogen) atoms. The van der Waals surface area contributed by atoms with Gasteiger partial charge < -0.3 is 4.74 Å². The van der Waals surface area contributed by atoms with E-state index in [1.165, 1.54) is 41.3 Å². The topological polar surface area (TPSA) is 113 Å². The number of carbonyl (C=O) groups is 1. The van der Waals surface area contributed by atoms with Crippen LogP contribution in [0.15, 0.2) is 51.5 Å². The highest BCUT2D eigenvalue weighted by Crippen LogP contribution is 2.31. The fourth-order valence-electron chi connectivity index (χ4n) is 2.81. The van der Waals surface area contributed by atoms with Gasteiger partial charge in [-0.25, -0.2) is 4.79 Å². The zero-order valence-corrected chi connectivity index (χ0v) is 18.4. The Balaban J connectivity index is 1.80. The number of hydrogen-bond donors (Lipinski definition) is 0. The zero-order chi connectivity index (χ0) is 22.0. The van der Waals surface area contributed by atoms with E-state index in [1.54, 1.807) is 17.7 Å². The quantitative estimate of drug-likeness (QED) is 0.223. The van der Waals surface area contributed by atoms with Gasteiger partial charge in [-0.1, -0.05) is 35.5 Å². The number of carbonyl (C=O) groups excluding carboxylic acids is 1. The highest BCUT2D eigenvalue weighted by molar-refractivity contribution is 7.99. The van der Waals surface area contributed by atoms with E-state index in [0.717, 1.165) is 4.88 Å². The first-order valence-corrected chi connectivity index (χ1v) is 11.2. The minimum absolute atomic E-state index is 0.0140. The van der Waals surface area contributed by atoms with Crippen molar-refractivity contribution in [1.82, 2.24) is 14.9 Å². The third kappa shape index (κ3) is 4.38. The SMILES string of the molecule is CCOC(=O)/C(=C/c1ccc(Cl)c([N+](=O)[O-])c1)C1=Nn2c(nnc2-c2cccs2)SC1. The zero-order valence-electron chi connectivity index (χ0n) is 16.0. The predicted octanol–water partition coefficient (Wildman–Crippen LogP) is 4.52. The Morgan fingerprint density at radius 3 is 2.94 bits per heavy atom.